The van der Waals surface area contributed by atoms with Gasteiger partial charge in [0.15, 0.2) is 12.4 Å². The minimum absolute atomic E-state index is 1.18. The Morgan fingerprint density at radius 1 is 0.739 bits per heavy atom. The molecule has 0 radical (unpaired) electrons. The van der Waals surface area contributed by atoms with Crippen molar-refractivity contribution in [3.63, 3.8) is 0 Å². The van der Waals surface area contributed by atoms with E-state index < -0.39 is 0 Å². The van der Waals surface area contributed by atoms with Gasteiger partial charge in [0.2, 0.25) is 0 Å². The molecule has 23 heavy (non-hydrogen) atoms. The predicted octanol–water partition coefficient (Wildman–Crippen LogP) is 5.94. The molecule has 0 atom stereocenters. The lowest BCUT2D eigenvalue weighted by molar-refractivity contribution is -0.697. The van der Waals surface area contributed by atoms with E-state index >= 15 is 0 Å². The number of aryl methyl sites for hydroxylation is 2. The highest BCUT2D eigenvalue weighted by Gasteiger charge is 2.01. The van der Waals surface area contributed by atoms with Gasteiger partial charge in [-0.15, -0.1) is 0 Å². The Balaban J connectivity index is 0.00000232. The minimum Gasteiger partial charge on any atom is -0.512 e. The maximum atomic E-state index is 6.25. The van der Waals surface area contributed by atoms with Crippen molar-refractivity contribution in [2.75, 3.05) is 0 Å². The third-order valence-corrected chi connectivity index (χ3v) is 4.30. The SMILES string of the molecule is CCCCCCCCCCC[n+]1ccc(CCCC)cc1.[C-]#N. The number of rotatable bonds is 13. The van der Waals surface area contributed by atoms with Gasteiger partial charge in [0.25, 0.3) is 0 Å². The summed E-state index contributed by atoms with van der Waals surface area (Å²) < 4.78 is 2.34. The molecule has 130 valence electrons. The van der Waals surface area contributed by atoms with Crippen molar-refractivity contribution < 1.29 is 4.57 Å². The molecule has 0 unspecified atom stereocenters. The van der Waals surface area contributed by atoms with E-state index in [0.717, 1.165) is 0 Å². The number of hydrogen-bond acceptors (Lipinski definition) is 1. The molecule has 0 bridgehead atoms. The molecule has 1 aromatic rings. The Labute approximate surface area is 144 Å². The van der Waals surface area contributed by atoms with Gasteiger partial charge in [0, 0.05) is 18.6 Å². The fourth-order valence-corrected chi connectivity index (χ4v) is 2.79. The van der Waals surface area contributed by atoms with Gasteiger partial charge in [0.05, 0.1) is 0 Å². The van der Waals surface area contributed by atoms with Crippen LogP contribution in [0.5, 0.6) is 0 Å². The van der Waals surface area contributed by atoms with Crippen LogP contribution in [0.2, 0.25) is 0 Å². The molecule has 0 spiro atoms. The van der Waals surface area contributed by atoms with Crippen molar-refractivity contribution in [2.24, 2.45) is 0 Å². The molecule has 0 saturated heterocycles. The topological polar surface area (TPSA) is 27.7 Å². The predicted molar refractivity (Wildman–Crippen MR) is 97.4 cm³/mol. The molecular formula is C21H36N2. The third kappa shape index (κ3) is 12.8. The molecule has 0 aliphatic heterocycles. The number of nitrogens with zero attached hydrogens (tertiary/aromatic N) is 2. The lowest BCUT2D eigenvalue weighted by Crippen LogP contribution is -2.32. The first-order valence-corrected chi connectivity index (χ1v) is 9.57. The molecule has 0 amide bonds. The van der Waals surface area contributed by atoms with Crippen molar-refractivity contribution in [3.8, 4) is 0 Å². The van der Waals surface area contributed by atoms with Crippen LogP contribution in [0.15, 0.2) is 24.5 Å². The number of hydrogen-bond donors (Lipinski definition) is 0. The van der Waals surface area contributed by atoms with Crippen LogP contribution in [0, 0.1) is 11.8 Å². The second-order valence-electron chi connectivity index (χ2n) is 6.38. The number of pyridine rings is 1. The number of aromatic nitrogens is 1. The van der Waals surface area contributed by atoms with E-state index in [1.807, 2.05) is 0 Å². The van der Waals surface area contributed by atoms with Crippen LogP contribution < -0.4 is 4.57 Å². The maximum absolute atomic E-state index is 6.25. The van der Waals surface area contributed by atoms with Gasteiger partial charge in [0.1, 0.15) is 6.54 Å². The monoisotopic (exact) mass is 316 g/mol. The molecule has 1 heterocycles. The van der Waals surface area contributed by atoms with E-state index in [1.165, 1.54) is 89.2 Å². The first-order valence-electron chi connectivity index (χ1n) is 9.57. The van der Waals surface area contributed by atoms with Gasteiger partial charge in [-0.1, -0.05) is 65.2 Å². The van der Waals surface area contributed by atoms with Crippen LogP contribution in [0.3, 0.4) is 0 Å². The van der Waals surface area contributed by atoms with Gasteiger partial charge in [-0.3, -0.25) is 0 Å². The highest BCUT2D eigenvalue weighted by molar-refractivity contribution is 5.06. The van der Waals surface area contributed by atoms with E-state index in [-0.39, 0.29) is 0 Å². The molecule has 0 aromatic carbocycles. The Morgan fingerprint density at radius 2 is 1.22 bits per heavy atom. The van der Waals surface area contributed by atoms with Crippen molar-refractivity contribution in [1.82, 2.24) is 0 Å². The van der Waals surface area contributed by atoms with E-state index in [0.29, 0.717) is 0 Å². The Kier molecular flexibility index (Phi) is 16.0. The zero-order valence-electron chi connectivity index (χ0n) is 15.4. The lowest BCUT2D eigenvalue weighted by Gasteiger charge is -2.02. The Morgan fingerprint density at radius 3 is 1.74 bits per heavy atom. The second kappa shape index (κ2) is 17.0. The van der Waals surface area contributed by atoms with Crippen molar-refractivity contribution >= 4 is 0 Å². The highest BCUT2D eigenvalue weighted by atomic mass is 14.9. The summed E-state index contributed by atoms with van der Waals surface area (Å²) in [4.78, 5) is 0. The zero-order valence-corrected chi connectivity index (χ0v) is 15.4. The maximum Gasteiger partial charge on any atom is 0.169 e. The molecule has 0 N–H and O–H groups in total. The van der Waals surface area contributed by atoms with E-state index in [4.69, 9.17) is 11.8 Å². The Hall–Kier alpha value is -1.36. The summed E-state index contributed by atoms with van der Waals surface area (Å²) in [7, 11) is 0. The Bertz CT molecular complexity index is 367. The highest BCUT2D eigenvalue weighted by Crippen LogP contribution is 2.09. The molecule has 2 heteroatoms. The summed E-state index contributed by atoms with van der Waals surface area (Å²) in [5.41, 5.74) is 1.49. The van der Waals surface area contributed by atoms with Gasteiger partial charge >= 0.3 is 0 Å². The first-order chi connectivity index (χ1) is 11.4. The van der Waals surface area contributed by atoms with Gasteiger partial charge < -0.3 is 11.8 Å². The molecule has 0 aliphatic rings. The smallest absolute Gasteiger partial charge is 0.169 e. The lowest BCUT2D eigenvalue weighted by atomic mass is 10.1. The summed E-state index contributed by atoms with van der Waals surface area (Å²) in [6, 6.07) is 4.59. The van der Waals surface area contributed by atoms with Crippen LogP contribution in [0.4, 0.5) is 0 Å². The van der Waals surface area contributed by atoms with Crippen LogP contribution in [-0.4, -0.2) is 0 Å². The average Bonchev–Trinajstić information content (AvgIpc) is 2.61. The van der Waals surface area contributed by atoms with Crippen molar-refractivity contribution in [2.45, 2.75) is 97.4 Å². The molecular weight excluding hydrogens is 280 g/mol. The molecule has 2 nitrogen and oxygen atoms in total. The summed E-state index contributed by atoms with van der Waals surface area (Å²) in [5, 5.41) is 6.25. The first kappa shape index (κ1) is 21.6. The fraction of sp³-hybridized carbons (Fsp3) is 0.714. The minimum atomic E-state index is 1.18. The molecule has 0 saturated carbocycles. The van der Waals surface area contributed by atoms with E-state index in [1.54, 1.807) is 0 Å². The molecule has 0 aliphatic carbocycles. The normalized spacial score (nSPS) is 10.1. The molecule has 1 rings (SSSR count). The largest absolute Gasteiger partial charge is 0.512 e. The van der Waals surface area contributed by atoms with E-state index in [2.05, 4.69) is 42.9 Å². The summed E-state index contributed by atoms with van der Waals surface area (Å²) >= 11 is 0. The molecule has 0 fully saturated rings. The quantitative estimate of drug-likeness (QED) is 0.251. The van der Waals surface area contributed by atoms with Crippen molar-refractivity contribution in [3.05, 3.63) is 36.7 Å². The van der Waals surface area contributed by atoms with Gasteiger partial charge in [-0.25, -0.2) is 4.57 Å². The van der Waals surface area contributed by atoms with Crippen LogP contribution in [-0.2, 0) is 13.0 Å². The standard InChI is InChI=1S/C20H36N.CN/c1-3-5-7-8-9-10-11-12-13-17-21-18-15-20(16-19-21)14-6-4-2;1-2/h15-16,18-19H,3-14,17H2,1-2H3;/q+1;-1. The van der Waals surface area contributed by atoms with Crippen LogP contribution >= 0.6 is 0 Å². The molecule has 1 aromatic heterocycles. The number of unbranched alkanes of at least 4 members (excludes halogenated alkanes) is 9. The van der Waals surface area contributed by atoms with Gasteiger partial charge in [-0.05, 0) is 24.8 Å². The van der Waals surface area contributed by atoms with Gasteiger partial charge in [-0.2, -0.15) is 0 Å². The zero-order chi connectivity index (χ0) is 17.2. The third-order valence-electron chi connectivity index (χ3n) is 4.30. The average molecular weight is 317 g/mol. The summed E-state index contributed by atoms with van der Waals surface area (Å²) in [6.45, 7) is 10.5. The van der Waals surface area contributed by atoms with E-state index in [9.17, 15) is 0 Å². The fourth-order valence-electron chi connectivity index (χ4n) is 2.79. The summed E-state index contributed by atoms with van der Waals surface area (Å²) in [6.07, 6.45) is 21.0. The second-order valence-corrected chi connectivity index (χ2v) is 6.38. The summed E-state index contributed by atoms with van der Waals surface area (Å²) in [5.74, 6) is 0. The van der Waals surface area contributed by atoms with Crippen LogP contribution in [0.25, 0.3) is 0 Å². The van der Waals surface area contributed by atoms with Crippen molar-refractivity contribution in [1.29, 1.82) is 5.26 Å². The van der Waals surface area contributed by atoms with Crippen LogP contribution in [0.1, 0.15) is 90.0 Å².